The van der Waals surface area contributed by atoms with Crippen molar-refractivity contribution >= 4 is 29.2 Å². The molecular formula is C15H19ClN2O3. The molecule has 0 radical (unpaired) electrons. The van der Waals surface area contributed by atoms with Crippen molar-refractivity contribution in [2.75, 3.05) is 11.4 Å². The Kier molecular flexibility index (Phi) is 5.20. The molecule has 0 aliphatic carbocycles. The number of halogens is 1. The van der Waals surface area contributed by atoms with E-state index in [2.05, 4.69) is 5.32 Å². The Labute approximate surface area is 128 Å². The molecule has 1 aliphatic rings. The van der Waals surface area contributed by atoms with Crippen LogP contribution in [-0.2, 0) is 9.59 Å². The van der Waals surface area contributed by atoms with Crippen LogP contribution in [-0.4, -0.2) is 35.6 Å². The van der Waals surface area contributed by atoms with Gasteiger partial charge in [0.05, 0.1) is 16.8 Å². The van der Waals surface area contributed by atoms with Crippen molar-refractivity contribution in [2.45, 2.75) is 38.3 Å². The lowest BCUT2D eigenvalue weighted by Gasteiger charge is -2.20. The molecule has 2 rings (SSSR count). The largest absolute Gasteiger partial charge is 0.480 e. The van der Waals surface area contributed by atoms with E-state index in [0.29, 0.717) is 30.1 Å². The van der Waals surface area contributed by atoms with E-state index in [4.69, 9.17) is 16.7 Å². The molecule has 0 bridgehead atoms. The minimum absolute atomic E-state index is 0.120. The molecule has 2 atom stereocenters. The van der Waals surface area contributed by atoms with Crippen LogP contribution in [0.2, 0.25) is 5.02 Å². The number of nitrogens with zero attached hydrogens (tertiary/aromatic N) is 1. The second-order valence-electron chi connectivity index (χ2n) is 5.13. The Balaban J connectivity index is 2.08. The van der Waals surface area contributed by atoms with Crippen molar-refractivity contribution in [3.8, 4) is 0 Å². The lowest BCUT2D eigenvalue weighted by atomic mass is 10.1. The van der Waals surface area contributed by atoms with E-state index >= 15 is 0 Å². The zero-order valence-electron chi connectivity index (χ0n) is 11.9. The summed E-state index contributed by atoms with van der Waals surface area (Å²) in [7, 11) is 0. The van der Waals surface area contributed by atoms with Crippen LogP contribution in [0.3, 0.4) is 0 Å². The minimum Gasteiger partial charge on any atom is -0.480 e. The summed E-state index contributed by atoms with van der Waals surface area (Å²) in [6.45, 7) is 2.46. The van der Waals surface area contributed by atoms with Crippen LogP contribution >= 0.6 is 11.6 Å². The number of anilines is 1. The number of rotatable bonds is 6. The van der Waals surface area contributed by atoms with Gasteiger partial charge in [-0.3, -0.25) is 14.9 Å². The second kappa shape index (κ2) is 6.91. The molecule has 2 N–H and O–H groups in total. The molecule has 1 aromatic rings. The molecule has 6 heteroatoms. The summed E-state index contributed by atoms with van der Waals surface area (Å²) in [6.07, 6.45) is 1.84. The molecule has 0 aromatic heterocycles. The molecule has 1 heterocycles. The molecule has 1 aliphatic heterocycles. The summed E-state index contributed by atoms with van der Waals surface area (Å²) in [4.78, 5) is 25.2. The maximum absolute atomic E-state index is 12.4. The van der Waals surface area contributed by atoms with Gasteiger partial charge in [-0.1, -0.05) is 37.1 Å². The first-order chi connectivity index (χ1) is 10.0. The number of para-hydroxylation sites is 1. The van der Waals surface area contributed by atoms with Crippen molar-refractivity contribution in [3.63, 3.8) is 0 Å². The first-order valence-electron chi connectivity index (χ1n) is 7.09. The maximum Gasteiger partial charge on any atom is 0.320 e. The van der Waals surface area contributed by atoms with E-state index in [1.807, 2.05) is 19.1 Å². The number of carbonyl (C=O) groups excluding carboxylic acids is 1. The quantitative estimate of drug-likeness (QED) is 0.846. The van der Waals surface area contributed by atoms with Gasteiger partial charge in [-0.2, -0.15) is 0 Å². The molecule has 0 spiro atoms. The Bertz CT molecular complexity index is 535. The van der Waals surface area contributed by atoms with Gasteiger partial charge >= 0.3 is 5.97 Å². The zero-order chi connectivity index (χ0) is 15.4. The molecule has 1 amide bonds. The fraction of sp³-hybridized carbons (Fsp3) is 0.467. The monoisotopic (exact) mass is 310 g/mol. The fourth-order valence-corrected chi connectivity index (χ4v) is 2.79. The highest BCUT2D eigenvalue weighted by molar-refractivity contribution is 6.33. The second-order valence-corrected chi connectivity index (χ2v) is 5.54. The standard InChI is InChI=1S/C15H19ClN2O3/c1-2-5-12(15(20)21)17-11-8-9-18(14(11)19)13-7-4-3-6-10(13)16/h3-4,6-7,11-12,17H,2,5,8-9H2,1H3,(H,20,21). The number of hydrogen-bond donors (Lipinski definition) is 2. The normalized spacial score (nSPS) is 19.8. The smallest absolute Gasteiger partial charge is 0.320 e. The SMILES string of the molecule is CCCC(NC1CCN(c2ccccc2Cl)C1=O)C(=O)O. The van der Waals surface area contributed by atoms with Gasteiger partial charge in [-0.25, -0.2) is 0 Å². The molecule has 1 saturated heterocycles. The van der Waals surface area contributed by atoms with Crippen LogP contribution in [0.5, 0.6) is 0 Å². The number of nitrogens with one attached hydrogen (secondary N) is 1. The van der Waals surface area contributed by atoms with Gasteiger partial charge in [0.1, 0.15) is 6.04 Å². The van der Waals surface area contributed by atoms with Crippen LogP contribution in [0, 0.1) is 0 Å². The summed E-state index contributed by atoms with van der Waals surface area (Å²) >= 11 is 6.11. The zero-order valence-corrected chi connectivity index (χ0v) is 12.6. The Morgan fingerprint density at radius 3 is 2.86 bits per heavy atom. The van der Waals surface area contributed by atoms with Crippen molar-refractivity contribution in [1.29, 1.82) is 0 Å². The van der Waals surface area contributed by atoms with Gasteiger partial charge < -0.3 is 10.0 Å². The summed E-state index contributed by atoms with van der Waals surface area (Å²) < 4.78 is 0. The molecular weight excluding hydrogens is 292 g/mol. The van der Waals surface area contributed by atoms with Gasteiger partial charge in [0.2, 0.25) is 5.91 Å². The number of carboxylic acids is 1. The van der Waals surface area contributed by atoms with E-state index in [1.165, 1.54) is 0 Å². The molecule has 1 aromatic carbocycles. The van der Waals surface area contributed by atoms with Gasteiger partial charge in [0.25, 0.3) is 0 Å². The average molecular weight is 311 g/mol. The number of carboxylic acid groups (broad SMARTS) is 1. The predicted octanol–water partition coefficient (Wildman–Crippen LogP) is 2.29. The summed E-state index contributed by atoms with van der Waals surface area (Å²) in [5.74, 6) is -1.04. The van der Waals surface area contributed by atoms with Crippen molar-refractivity contribution in [1.82, 2.24) is 5.32 Å². The summed E-state index contributed by atoms with van der Waals surface area (Å²) in [6, 6.07) is 6.02. The summed E-state index contributed by atoms with van der Waals surface area (Å²) in [5, 5.41) is 12.6. The number of carbonyl (C=O) groups is 2. The molecule has 114 valence electrons. The highest BCUT2D eigenvalue weighted by Gasteiger charge is 2.35. The van der Waals surface area contributed by atoms with E-state index in [9.17, 15) is 9.59 Å². The first-order valence-corrected chi connectivity index (χ1v) is 7.47. The molecule has 0 saturated carbocycles. The van der Waals surface area contributed by atoms with Crippen molar-refractivity contribution < 1.29 is 14.7 Å². The maximum atomic E-state index is 12.4. The third-order valence-corrected chi connectivity index (χ3v) is 3.95. The van der Waals surface area contributed by atoms with Crippen molar-refractivity contribution in [2.24, 2.45) is 0 Å². The van der Waals surface area contributed by atoms with Crippen LogP contribution in [0.15, 0.2) is 24.3 Å². The highest BCUT2D eigenvalue weighted by atomic mass is 35.5. The van der Waals surface area contributed by atoms with Crippen LogP contribution in [0.4, 0.5) is 5.69 Å². The van der Waals surface area contributed by atoms with Crippen LogP contribution in [0.1, 0.15) is 26.2 Å². The van der Waals surface area contributed by atoms with Gasteiger partial charge in [-0.15, -0.1) is 0 Å². The van der Waals surface area contributed by atoms with E-state index in [0.717, 1.165) is 6.42 Å². The fourth-order valence-electron chi connectivity index (χ4n) is 2.55. The van der Waals surface area contributed by atoms with Gasteiger partial charge in [0, 0.05) is 6.54 Å². The molecule has 1 fully saturated rings. The molecule has 21 heavy (non-hydrogen) atoms. The number of benzene rings is 1. The third kappa shape index (κ3) is 3.54. The Morgan fingerprint density at radius 1 is 1.52 bits per heavy atom. The summed E-state index contributed by atoms with van der Waals surface area (Å²) in [5.41, 5.74) is 0.677. The number of aliphatic carboxylic acids is 1. The van der Waals surface area contributed by atoms with Gasteiger partial charge in [-0.05, 0) is 25.0 Å². The Morgan fingerprint density at radius 2 is 2.24 bits per heavy atom. The molecule has 5 nitrogen and oxygen atoms in total. The molecule has 2 unspecified atom stereocenters. The average Bonchev–Trinajstić information content (AvgIpc) is 2.80. The topological polar surface area (TPSA) is 69.6 Å². The van der Waals surface area contributed by atoms with Crippen molar-refractivity contribution in [3.05, 3.63) is 29.3 Å². The highest BCUT2D eigenvalue weighted by Crippen LogP contribution is 2.29. The predicted molar refractivity (Wildman–Crippen MR) is 81.7 cm³/mol. The lowest BCUT2D eigenvalue weighted by Crippen LogP contribution is -2.47. The number of amides is 1. The van der Waals surface area contributed by atoms with Gasteiger partial charge in [0.15, 0.2) is 0 Å². The van der Waals surface area contributed by atoms with Crippen LogP contribution in [0.25, 0.3) is 0 Å². The first kappa shape index (κ1) is 15.8. The third-order valence-electron chi connectivity index (χ3n) is 3.63. The number of hydrogen-bond acceptors (Lipinski definition) is 3. The van der Waals surface area contributed by atoms with E-state index in [-0.39, 0.29) is 5.91 Å². The Hall–Kier alpha value is -1.59. The lowest BCUT2D eigenvalue weighted by molar-refractivity contribution is -0.140. The van der Waals surface area contributed by atoms with E-state index < -0.39 is 18.1 Å². The van der Waals surface area contributed by atoms with Crippen LogP contribution < -0.4 is 10.2 Å². The minimum atomic E-state index is -0.916. The van der Waals surface area contributed by atoms with E-state index in [1.54, 1.807) is 17.0 Å².